The van der Waals surface area contributed by atoms with Gasteiger partial charge in [0.15, 0.2) is 0 Å². The zero-order valence-electron chi connectivity index (χ0n) is 12.3. The monoisotopic (exact) mass is 295 g/mol. The molecule has 5 heteroatoms. The lowest BCUT2D eigenvalue weighted by molar-refractivity contribution is 0.0550. The molecular weight excluding hydrogens is 274 g/mol. The maximum Gasteiger partial charge on any atom is 0.255 e. The molecule has 2 unspecified atom stereocenters. The summed E-state index contributed by atoms with van der Waals surface area (Å²) in [5, 5.41) is 3.57. The third kappa shape index (κ3) is 3.06. The Morgan fingerprint density at radius 1 is 1.55 bits per heavy atom. The molecule has 1 aliphatic heterocycles. The second-order valence-electron chi connectivity index (χ2n) is 5.44. The standard InChI is InChI=1S/C15H22ClN3O/c1-4-17-14-13(16)8-12(9-18-14)15(20)19-7-5-6-10(2)11(19)3/h8-11H,4-7H2,1-3H3,(H,17,18). The summed E-state index contributed by atoms with van der Waals surface area (Å²) in [6.07, 6.45) is 3.86. The third-order valence-electron chi connectivity index (χ3n) is 4.07. The molecule has 2 atom stereocenters. The Kier molecular flexibility index (Phi) is 4.86. The molecule has 1 fully saturated rings. The van der Waals surface area contributed by atoms with E-state index < -0.39 is 0 Å². The molecule has 0 aromatic carbocycles. The average molecular weight is 296 g/mol. The number of carbonyl (C=O) groups excluding carboxylic acids is 1. The van der Waals surface area contributed by atoms with Crippen LogP contribution in [0.5, 0.6) is 0 Å². The highest BCUT2D eigenvalue weighted by Gasteiger charge is 2.29. The summed E-state index contributed by atoms with van der Waals surface area (Å²) in [6, 6.07) is 1.98. The molecule has 0 spiro atoms. The smallest absolute Gasteiger partial charge is 0.255 e. The van der Waals surface area contributed by atoms with Crippen molar-refractivity contribution in [2.75, 3.05) is 18.4 Å². The largest absolute Gasteiger partial charge is 0.369 e. The summed E-state index contributed by atoms with van der Waals surface area (Å²) in [7, 11) is 0. The summed E-state index contributed by atoms with van der Waals surface area (Å²) in [4.78, 5) is 18.8. The second kappa shape index (κ2) is 6.44. The van der Waals surface area contributed by atoms with Crippen molar-refractivity contribution in [2.45, 2.75) is 39.7 Å². The topological polar surface area (TPSA) is 45.2 Å². The Labute approximate surface area is 125 Å². The van der Waals surface area contributed by atoms with Crippen molar-refractivity contribution < 1.29 is 4.79 Å². The molecule has 2 rings (SSSR count). The molecule has 1 amide bonds. The fourth-order valence-electron chi connectivity index (χ4n) is 2.64. The first-order valence-corrected chi connectivity index (χ1v) is 7.62. The van der Waals surface area contributed by atoms with Crippen LogP contribution in [0.2, 0.25) is 5.02 Å². The van der Waals surface area contributed by atoms with Crippen LogP contribution >= 0.6 is 11.6 Å². The van der Waals surface area contributed by atoms with E-state index in [1.807, 2.05) is 11.8 Å². The van der Waals surface area contributed by atoms with Crippen LogP contribution < -0.4 is 5.32 Å². The Balaban J connectivity index is 2.18. The number of amides is 1. The van der Waals surface area contributed by atoms with E-state index in [1.165, 1.54) is 6.42 Å². The lowest BCUT2D eigenvalue weighted by Gasteiger charge is -2.38. The molecule has 110 valence electrons. The molecule has 1 aliphatic rings. The summed E-state index contributed by atoms with van der Waals surface area (Å²) in [6.45, 7) is 7.86. The Bertz CT molecular complexity index is 492. The first-order chi connectivity index (χ1) is 9.54. The highest BCUT2D eigenvalue weighted by atomic mass is 35.5. The summed E-state index contributed by atoms with van der Waals surface area (Å²) < 4.78 is 0. The van der Waals surface area contributed by atoms with E-state index in [2.05, 4.69) is 24.1 Å². The van der Waals surface area contributed by atoms with Crippen molar-refractivity contribution in [2.24, 2.45) is 5.92 Å². The van der Waals surface area contributed by atoms with E-state index in [1.54, 1.807) is 12.3 Å². The normalized spacial score (nSPS) is 22.7. The fourth-order valence-corrected chi connectivity index (χ4v) is 2.87. The number of nitrogens with zero attached hydrogens (tertiary/aromatic N) is 2. The van der Waals surface area contributed by atoms with Crippen LogP contribution in [0.25, 0.3) is 0 Å². The summed E-state index contributed by atoms with van der Waals surface area (Å²) in [5.74, 6) is 1.20. The number of halogens is 1. The molecule has 1 aromatic rings. The fraction of sp³-hybridized carbons (Fsp3) is 0.600. The van der Waals surface area contributed by atoms with Crippen molar-refractivity contribution in [1.82, 2.24) is 9.88 Å². The van der Waals surface area contributed by atoms with Crippen LogP contribution in [-0.2, 0) is 0 Å². The summed E-state index contributed by atoms with van der Waals surface area (Å²) >= 11 is 6.16. The van der Waals surface area contributed by atoms with E-state index in [-0.39, 0.29) is 11.9 Å². The van der Waals surface area contributed by atoms with E-state index in [0.717, 1.165) is 19.5 Å². The van der Waals surface area contributed by atoms with Crippen LogP contribution in [0.3, 0.4) is 0 Å². The molecule has 0 radical (unpaired) electrons. The molecule has 2 heterocycles. The quantitative estimate of drug-likeness (QED) is 0.929. The first kappa shape index (κ1) is 15.1. The van der Waals surface area contributed by atoms with Gasteiger partial charge in [-0.2, -0.15) is 0 Å². The molecule has 1 N–H and O–H groups in total. The van der Waals surface area contributed by atoms with E-state index >= 15 is 0 Å². The van der Waals surface area contributed by atoms with E-state index in [0.29, 0.717) is 22.3 Å². The summed E-state index contributed by atoms with van der Waals surface area (Å²) in [5.41, 5.74) is 0.567. The third-order valence-corrected chi connectivity index (χ3v) is 4.35. The first-order valence-electron chi connectivity index (χ1n) is 7.25. The molecule has 1 aromatic heterocycles. The minimum Gasteiger partial charge on any atom is -0.369 e. The molecule has 1 saturated heterocycles. The van der Waals surface area contributed by atoms with Crippen molar-refractivity contribution in [3.63, 3.8) is 0 Å². The maximum atomic E-state index is 12.6. The molecule has 0 saturated carbocycles. The van der Waals surface area contributed by atoms with Gasteiger partial charge in [-0.05, 0) is 38.7 Å². The van der Waals surface area contributed by atoms with E-state index in [4.69, 9.17) is 11.6 Å². The SMILES string of the molecule is CCNc1ncc(C(=O)N2CCCC(C)C2C)cc1Cl. The maximum absolute atomic E-state index is 12.6. The highest BCUT2D eigenvalue weighted by molar-refractivity contribution is 6.33. The zero-order chi connectivity index (χ0) is 14.7. The van der Waals surface area contributed by atoms with Gasteiger partial charge < -0.3 is 10.2 Å². The van der Waals surface area contributed by atoms with Gasteiger partial charge in [-0.15, -0.1) is 0 Å². The lowest BCUT2D eigenvalue weighted by Crippen LogP contribution is -2.46. The number of carbonyl (C=O) groups is 1. The molecule has 20 heavy (non-hydrogen) atoms. The van der Waals surface area contributed by atoms with Gasteiger partial charge in [-0.25, -0.2) is 4.98 Å². The van der Waals surface area contributed by atoms with Gasteiger partial charge >= 0.3 is 0 Å². The predicted octanol–water partition coefficient (Wildman–Crippen LogP) is 3.43. The van der Waals surface area contributed by atoms with Gasteiger partial charge in [0.2, 0.25) is 0 Å². The van der Waals surface area contributed by atoms with Crippen molar-refractivity contribution >= 4 is 23.3 Å². The number of hydrogen-bond acceptors (Lipinski definition) is 3. The highest BCUT2D eigenvalue weighted by Crippen LogP contribution is 2.26. The lowest BCUT2D eigenvalue weighted by atomic mass is 9.91. The average Bonchev–Trinajstić information content (AvgIpc) is 2.43. The predicted molar refractivity (Wildman–Crippen MR) is 82.3 cm³/mol. The van der Waals surface area contributed by atoms with E-state index in [9.17, 15) is 4.79 Å². The Morgan fingerprint density at radius 2 is 2.30 bits per heavy atom. The van der Waals surface area contributed by atoms with Crippen LogP contribution in [0.1, 0.15) is 44.0 Å². The molecule has 0 aliphatic carbocycles. The van der Waals surface area contributed by atoms with Crippen molar-refractivity contribution in [3.8, 4) is 0 Å². The zero-order valence-corrected chi connectivity index (χ0v) is 13.1. The van der Waals surface area contributed by atoms with Gasteiger partial charge in [-0.3, -0.25) is 4.79 Å². The van der Waals surface area contributed by atoms with Gasteiger partial charge in [-0.1, -0.05) is 18.5 Å². The minimum absolute atomic E-state index is 0.0292. The number of likely N-dealkylation sites (tertiary alicyclic amines) is 1. The van der Waals surface area contributed by atoms with Crippen LogP contribution in [0.15, 0.2) is 12.3 Å². The van der Waals surface area contributed by atoms with Gasteiger partial charge in [0, 0.05) is 25.3 Å². The number of rotatable bonds is 3. The Morgan fingerprint density at radius 3 is 2.95 bits per heavy atom. The van der Waals surface area contributed by atoms with Crippen molar-refractivity contribution in [1.29, 1.82) is 0 Å². The molecule has 4 nitrogen and oxygen atoms in total. The number of anilines is 1. The number of pyridine rings is 1. The number of nitrogens with one attached hydrogen (secondary N) is 1. The number of aromatic nitrogens is 1. The second-order valence-corrected chi connectivity index (χ2v) is 5.85. The van der Waals surface area contributed by atoms with Crippen LogP contribution in [0.4, 0.5) is 5.82 Å². The minimum atomic E-state index is 0.0292. The van der Waals surface area contributed by atoms with Crippen molar-refractivity contribution in [3.05, 3.63) is 22.8 Å². The van der Waals surface area contributed by atoms with Gasteiger partial charge in [0.1, 0.15) is 5.82 Å². The number of hydrogen-bond donors (Lipinski definition) is 1. The van der Waals surface area contributed by atoms with Gasteiger partial charge in [0.05, 0.1) is 10.6 Å². The van der Waals surface area contributed by atoms with Crippen LogP contribution in [0, 0.1) is 5.92 Å². The number of piperidine rings is 1. The Hall–Kier alpha value is -1.29. The molecular formula is C15H22ClN3O. The van der Waals surface area contributed by atoms with Crippen LogP contribution in [-0.4, -0.2) is 34.9 Å². The van der Waals surface area contributed by atoms with Gasteiger partial charge in [0.25, 0.3) is 5.91 Å². The molecule has 0 bridgehead atoms.